The Balaban J connectivity index is 2.38. The highest BCUT2D eigenvalue weighted by molar-refractivity contribution is 7.07. The second kappa shape index (κ2) is 4.97. The molecule has 1 rings (SSSR count). The van der Waals surface area contributed by atoms with Gasteiger partial charge in [-0.25, -0.2) is 0 Å². The highest BCUT2D eigenvalue weighted by atomic mass is 32.1. The van der Waals surface area contributed by atoms with Crippen LogP contribution >= 0.6 is 11.3 Å². The smallest absolute Gasteiger partial charge is 0.141 e. The lowest BCUT2D eigenvalue weighted by molar-refractivity contribution is -0.117. The summed E-state index contributed by atoms with van der Waals surface area (Å²) in [6, 6.07) is 2.00. The number of carbonyl (C=O) groups is 1. The Morgan fingerprint density at radius 1 is 1.62 bits per heavy atom. The fourth-order valence-electron chi connectivity index (χ4n) is 1.09. The second-order valence-electron chi connectivity index (χ2n) is 3.13. The minimum Gasteiger partial charge on any atom is -0.299 e. The van der Waals surface area contributed by atoms with Crippen molar-refractivity contribution >= 4 is 17.1 Å². The second-order valence-corrected chi connectivity index (χ2v) is 3.91. The fraction of sp³-hybridized carbons (Fsp3) is 0.364. The molecule has 0 atom stereocenters. The molecule has 0 amide bonds. The van der Waals surface area contributed by atoms with E-state index in [1.165, 1.54) is 0 Å². The maximum absolute atomic E-state index is 11.4. The van der Waals surface area contributed by atoms with E-state index in [9.17, 15) is 4.79 Å². The molecule has 0 aliphatic rings. The van der Waals surface area contributed by atoms with Crippen molar-refractivity contribution in [2.45, 2.75) is 26.2 Å². The molecule has 0 saturated heterocycles. The number of ketones is 1. The Hall–Kier alpha value is -0.890. The fourth-order valence-corrected chi connectivity index (χ4v) is 1.76. The van der Waals surface area contributed by atoms with Gasteiger partial charge >= 0.3 is 0 Å². The number of thiophene rings is 1. The average Bonchev–Trinajstić information content (AvgIpc) is 2.56. The number of Topliss-reactive ketones (excluding diaryl/α,β-unsaturated/α-hetero) is 1. The van der Waals surface area contributed by atoms with E-state index >= 15 is 0 Å². The summed E-state index contributed by atoms with van der Waals surface area (Å²) in [6.07, 6.45) is 1.99. The van der Waals surface area contributed by atoms with E-state index in [0.29, 0.717) is 12.8 Å². The van der Waals surface area contributed by atoms with E-state index in [4.69, 9.17) is 0 Å². The van der Waals surface area contributed by atoms with Crippen LogP contribution in [0.3, 0.4) is 0 Å². The highest BCUT2D eigenvalue weighted by Crippen LogP contribution is 2.10. The Labute approximate surface area is 83.1 Å². The van der Waals surface area contributed by atoms with Crippen LogP contribution in [0.1, 0.15) is 25.3 Å². The molecule has 0 unspecified atom stereocenters. The lowest BCUT2D eigenvalue weighted by atomic mass is 10.0. The molecule has 0 radical (unpaired) electrons. The summed E-state index contributed by atoms with van der Waals surface area (Å²) in [5, 5.41) is 4.02. The molecule has 13 heavy (non-hydrogen) atoms. The van der Waals surface area contributed by atoms with Crippen molar-refractivity contribution in [3.63, 3.8) is 0 Å². The molecule has 0 aliphatic heterocycles. The first-order valence-corrected chi connectivity index (χ1v) is 5.36. The molecule has 0 N–H and O–H groups in total. The Bertz CT molecular complexity index is 285. The van der Waals surface area contributed by atoms with Crippen LogP contribution in [0.4, 0.5) is 0 Å². The Morgan fingerprint density at radius 2 is 2.38 bits per heavy atom. The first-order chi connectivity index (χ1) is 6.22. The zero-order valence-corrected chi connectivity index (χ0v) is 8.69. The van der Waals surface area contributed by atoms with Gasteiger partial charge in [-0.3, -0.25) is 4.79 Å². The summed E-state index contributed by atoms with van der Waals surface area (Å²) in [6.45, 7) is 5.85. The lowest BCUT2D eigenvalue weighted by Gasteiger charge is -2.00. The van der Waals surface area contributed by atoms with Gasteiger partial charge in [-0.2, -0.15) is 11.3 Å². The van der Waals surface area contributed by atoms with E-state index in [1.54, 1.807) is 11.3 Å². The molecule has 1 aromatic heterocycles. The molecule has 0 saturated carbocycles. The van der Waals surface area contributed by atoms with Crippen molar-refractivity contribution in [3.8, 4) is 0 Å². The molecule has 0 bridgehead atoms. The SMILES string of the molecule is C=C(CC)CC(=O)Cc1ccsc1. The van der Waals surface area contributed by atoms with Gasteiger partial charge in [0.2, 0.25) is 0 Å². The quantitative estimate of drug-likeness (QED) is 0.658. The van der Waals surface area contributed by atoms with Gasteiger partial charge in [0, 0.05) is 12.8 Å². The van der Waals surface area contributed by atoms with E-state index < -0.39 is 0 Å². The van der Waals surface area contributed by atoms with Crippen molar-refractivity contribution < 1.29 is 4.79 Å². The summed E-state index contributed by atoms with van der Waals surface area (Å²) in [7, 11) is 0. The van der Waals surface area contributed by atoms with Crippen molar-refractivity contribution in [2.24, 2.45) is 0 Å². The van der Waals surface area contributed by atoms with Crippen molar-refractivity contribution in [1.82, 2.24) is 0 Å². The summed E-state index contributed by atoms with van der Waals surface area (Å²) < 4.78 is 0. The topological polar surface area (TPSA) is 17.1 Å². The molecule has 2 heteroatoms. The molecule has 0 spiro atoms. The molecule has 0 aromatic carbocycles. The van der Waals surface area contributed by atoms with Crippen LogP contribution in [-0.2, 0) is 11.2 Å². The Morgan fingerprint density at radius 3 is 2.92 bits per heavy atom. The van der Waals surface area contributed by atoms with Crippen molar-refractivity contribution in [3.05, 3.63) is 34.5 Å². The molecule has 1 heterocycles. The number of carbonyl (C=O) groups excluding carboxylic acids is 1. The molecule has 70 valence electrons. The van der Waals surface area contributed by atoms with E-state index in [1.807, 2.05) is 23.8 Å². The van der Waals surface area contributed by atoms with Crippen molar-refractivity contribution in [2.75, 3.05) is 0 Å². The predicted molar refractivity (Wildman–Crippen MR) is 57.1 cm³/mol. The first kappa shape index (κ1) is 10.2. The van der Waals surface area contributed by atoms with E-state index in [2.05, 4.69) is 6.58 Å². The van der Waals surface area contributed by atoms with Gasteiger partial charge in [-0.1, -0.05) is 19.1 Å². The van der Waals surface area contributed by atoms with Crippen molar-refractivity contribution in [1.29, 1.82) is 0 Å². The van der Waals surface area contributed by atoms with Crippen LogP contribution in [0.5, 0.6) is 0 Å². The number of allylic oxidation sites excluding steroid dienone is 1. The van der Waals surface area contributed by atoms with E-state index in [0.717, 1.165) is 17.6 Å². The Kier molecular flexibility index (Phi) is 3.90. The van der Waals surface area contributed by atoms with Gasteiger partial charge in [0.25, 0.3) is 0 Å². The average molecular weight is 194 g/mol. The third kappa shape index (κ3) is 3.55. The minimum absolute atomic E-state index is 0.269. The lowest BCUT2D eigenvalue weighted by Crippen LogP contribution is -2.02. The van der Waals surface area contributed by atoms with E-state index in [-0.39, 0.29) is 5.78 Å². The summed E-state index contributed by atoms with van der Waals surface area (Å²) in [4.78, 5) is 11.4. The third-order valence-electron chi connectivity index (χ3n) is 1.93. The predicted octanol–water partition coefficient (Wildman–Crippen LogP) is 3.22. The van der Waals surface area contributed by atoms with Gasteiger partial charge in [-0.05, 0) is 28.8 Å². The highest BCUT2D eigenvalue weighted by Gasteiger charge is 2.04. The maximum Gasteiger partial charge on any atom is 0.141 e. The summed E-state index contributed by atoms with van der Waals surface area (Å²) >= 11 is 1.63. The van der Waals surface area contributed by atoms with Gasteiger partial charge in [0.05, 0.1) is 0 Å². The zero-order chi connectivity index (χ0) is 9.68. The van der Waals surface area contributed by atoms with Crippen LogP contribution in [0, 0.1) is 0 Å². The normalized spacial score (nSPS) is 9.92. The number of hydrogen-bond donors (Lipinski definition) is 0. The number of hydrogen-bond acceptors (Lipinski definition) is 2. The van der Waals surface area contributed by atoms with Crippen LogP contribution in [0.25, 0.3) is 0 Å². The maximum atomic E-state index is 11.4. The van der Waals surface area contributed by atoms with Crippen LogP contribution < -0.4 is 0 Å². The third-order valence-corrected chi connectivity index (χ3v) is 2.66. The van der Waals surface area contributed by atoms with Crippen LogP contribution in [-0.4, -0.2) is 5.78 Å². The largest absolute Gasteiger partial charge is 0.299 e. The van der Waals surface area contributed by atoms with Crippen LogP contribution in [0.2, 0.25) is 0 Å². The monoisotopic (exact) mass is 194 g/mol. The summed E-state index contributed by atoms with van der Waals surface area (Å²) in [5.74, 6) is 0.269. The molecule has 1 nitrogen and oxygen atoms in total. The molecule has 0 aliphatic carbocycles. The number of rotatable bonds is 5. The van der Waals surface area contributed by atoms with Gasteiger partial charge in [0.15, 0.2) is 0 Å². The van der Waals surface area contributed by atoms with Gasteiger partial charge in [-0.15, -0.1) is 0 Å². The molecular weight excluding hydrogens is 180 g/mol. The van der Waals surface area contributed by atoms with Crippen LogP contribution in [0.15, 0.2) is 29.0 Å². The van der Waals surface area contributed by atoms with Gasteiger partial charge < -0.3 is 0 Å². The molecule has 0 fully saturated rings. The first-order valence-electron chi connectivity index (χ1n) is 4.41. The minimum atomic E-state index is 0.269. The molecule has 1 aromatic rings. The molecular formula is C11H14OS. The summed E-state index contributed by atoms with van der Waals surface area (Å²) in [5.41, 5.74) is 2.15. The standard InChI is InChI=1S/C11H14OS/c1-3-9(2)6-11(12)7-10-4-5-13-8-10/h4-5,8H,2-3,6-7H2,1H3. The zero-order valence-electron chi connectivity index (χ0n) is 7.88. The van der Waals surface area contributed by atoms with Gasteiger partial charge in [0.1, 0.15) is 5.78 Å².